The van der Waals surface area contributed by atoms with Crippen molar-refractivity contribution in [2.24, 2.45) is 0 Å². The highest BCUT2D eigenvalue weighted by molar-refractivity contribution is 7.89. The van der Waals surface area contributed by atoms with Crippen LogP contribution in [0.1, 0.15) is 36.0 Å². The van der Waals surface area contributed by atoms with Gasteiger partial charge in [0.2, 0.25) is 10.0 Å². The number of carbonyl (C=O) groups excluding carboxylic acids is 1. The Hall–Kier alpha value is -2.51. The smallest absolute Gasteiger partial charge is 0.243 e. The van der Waals surface area contributed by atoms with Crippen LogP contribution in [-0.4, -0.2) is 42.1 Å². The molecule has 1 aliphatic rings. The number of hydrogen-bond acceptors (Lipinski definition) is 4. The predicted molar refractivity (Wildman–Crippen MR) is 104 cm³/mol. The van der Waals surface area contributed by atoms with Crippen molar-refractivity contribution < 1.29 is 13.2 Å². The van der Waals surface area contributed by atoms with Crippen molar-refractivity contribution in [3.63, 3.8) is 0 Å². The maximum Gasteiger partial charge on any atom is 0.243 e. The molecule has 27 heavy (non-hydrogen) atoms. The van der Waals surface area contributed by atoms with Gasteiger partial charge in [-0.25, -0.2) is 8.42 Å². The zero-order valence-corrected chi connectivity index (χ0v) is 15.7. The molecule has 0 atom stereocenters. The lowest BCUT2D eigenvalue weighted by molar-refractivity contribution is 0.112. The number of aromatic amines is 1. The molecule has 3 aromatic rings. The molecule has 0 amide bonds. The number of benzene rings is 1. The summed E-state index contributed by atoms with van der Waals surface area (Å²) in [6.45, 7) is 1.10. The third kappa shape index (κ3) is 3.28. The zero-order chi connectivity index (χ0) is 18.9. The quantitative estimate of drug-likeness (QED) is 0.698. The van der Waals surface area contributed by atoms with Gasteiger partial charge in [-0.2, -0.15) is 4.31 Å². The van der Waals surface area contributed by atoms with Crippen molar-refractivity contribution in [3.05, 3.63) is 48.3 Å². The Bertz CT molecular complexity index is 1070. The third-order valence-corrected chi connectivity index (χ3v) is 6.99. The number of sulfonamides is 1. The molecule has 3 heterocycles. The van der Waals surface area contributed by atoms with Gasteiger partial charge in [0.15, 0.2) is 6.29 Å². The van der Waals surface area contributed by atoms with Crippen molar-refractivity contribution in [1.29, 1.82) is 0 Å². The normalized spacial score (nSPS) is 16.3. The predicted octanol–water partition coefficient (Wildman–Crippen LogP) is 3.61. The number of fused-ring (bicyclic) bond motifs is 1. The van der Waals surface area contributed by atoms with Crippen molar-refractivity contribution in [3.8, 4) is 11.3 Å². The average molecular weight is 383 g/mol. The molecule has 0 spiro atoms. The van der Waals surface area contributed by atoms with Crippen molar-refractivity contribution in [2.45, 2.75) is 30.6 Å². The van der Waals surface area contributed by atoms with Gasteiger partial charge in [-0.05, 0) is 43.2 Å². The van der Waals surface area contributed by atoms with Gasteiger partial charge in [0.05, 0.1) is 10.6 Å². The fraction of sp³-hybridized carbons (Fsp3) is 0.300. The molecule has 1 fully saturated rings. The van der Waals surface area contributed by atoms with E-state index in [0.29, 0.717) is 29.7 Å². The molecule has 0 bridgehead atoms. The van der Waals surface area contributed by atoms with Gasteiger partial charge < -0.3 is 4.98 Å². The minimum atomic E-state index is -3.56. The number of nitrogens with one attached hydrogen (secondary N) is 1. The Balaban J connectivity index is 1.81. The van der Waals surface area contributed by atoms with Crippen LogP contribution in [-0.2, 0) is 10.0 Å². The second kappa shape index (κ2) is 7.25. The van der Waals surface area contributed by atoms with Gasteiger partial charge in [0.25, 0.3) is 0 Å². The van der Waals surface area contributed by atoms with Crippen molar-refractivity contribution in [1.82, 2.24) is 14.3 Å². The Kier molecular flexibility index (Phi) is 4.80. The molecule has 140 valence electrons. The molecule has 0 unspecified atom stereocenters. The Morgan fingerprint density at radius 2 is 1.70 bits per heavy atom. The molecule has 1 aliphatic heterocycles. The molecule has 1 aromatic carbocycles. The van der Waals surface area contributed by atoms with E-state index in [1.54, 1.807) is 34.9 Å². The summed E-state index contributed by atoms with van der Waals surface area (Å²) in [6.07, 6.45) is 7.99. The average Bonchev–Trinajstić information content (AvgIpc) is 2.85. The largest absolute Gasteiger partial charge is 0.354 e. The third-order valence-electron chi connectivity index (χ3n) is 5.10. The van der Waals surface area contributed by atoms with Crippen LogP contribution in [0.3, 0.4) is 0 Å². The monoisotopic (exact) mass is 383 g/mol. The summed E-state index contributed by atoms with van der Waals surface area (Å²) in [7, 11) is -3.56. The highest BCUT2D eigenvalue weighted by Gasteiger charge is 2.26. The zero-order valence-electron chi connectivity index (χ0n) is 14.9. The summed E-state index contributed by atoms with van der Waals surface area (Å²) in [5.74, 6) is 0. The van der Waals surface area contributed by atoms with E-state index >= 15 is 0 Å². The number of aromatic nitrogens is 2. The summed E-state index contributed by atoms with van der Waals surface area (Å²) in [4.78, 5) is 19.3. The number of rotatable bonds is 4. The summed E-state index contributed by atoms with van der Waals surface area (Å²) in [5, 5.41) is 0.618. The van der Waals surface area contributed by atoms with Crippen LogP contribution >= 0.6 is 0 Å². The van der Waals surface area contributed by atoms with Crippen LogP contribution in [0.2, 0.25) is 0 Å². The van der Waals surface area contributed by atoms with E-state index in [2.05, 4.69) is 9.97 Å². The maximum atomic E-state index is 13.1. The molecule has 0 radical (unpaired) electrons. The van der Waals surface area contributed by atoms with E-state index in [1.807, 2.05) is 12.1 Å². The molecular formula is C20H21N3O3S. The van der Waals surface area contributed by atoms with E-state index in [9.17, 15) is 13.2 Å². The maximum absolute atomic E-state index is 13.1. The van der Waals surface area contributed by atoms with E-state index in [-0.39, 0.29) is 4.90 Å². The summed E-state index contributed by atoms with van der Waals surface area (Å²) in [5.41, 5.74) is 2.70. The number of aldehydes is 1. The summed E-state index contributed by atoms with van der Waals surface area (Å²) >= 11 is 0. The van der Waals surface area contributed by atoms with Crippen LogP contribution in [0, 0.1) is 0 Å². The van der Waals surface area contributed by atoms with Gasteiger partial charge >= 0.3 is 0 Å². The van der Waals surface area contributed by atoms with Crippen molar-refractivity contribution >= 4 is 27.2 Å². The van der Waals surface area contributed by atoms with Crippen LogP contribution in [0.15, 0.2) is 47.6 Å². The van der Waals surface area contributed by atoms with Gasteiger partial charge in [0, 0.05) is 47.5 Å². The summed E-state index contributed by atoms with van der Waals surface area (Å²) < 4.78 is 27.7. The van der Waals surface area contributed by atoms with Crippen LogP contribution < -0.4 is 0 Å². The lowest BCUT2D eigenvalue weighted by atomic mass is 10.1. The minimum Gasteiger partial charge on any atom is -0.354 e. The first-order valence-corrected chi connectivity index (χ1v) is 10.6. The van der Waals surface area contributed by atoms with Gasteiger partial charge in [-0.3, -0.25) is 9.78 Å². The summed E-state index contributed by atoms with van der Waals surface area (Å²) in [6, 6.07) is 8.58. The Morgan fingerprint density at radius 3 is 2.37 bits per heavy atom. The first-order valence-electron chi connectivity index (χ1n) is 9.13. The topological polar surface area (TPSA) is 83.1 Å². The molecule has 1 N–H and O–H groups in total. The second-order valence-corrected chi connectivity index (χ2v) is 8.73. The molecule has 6 nitrogen and oxygen atoms in total. The Morgan fingerprint density at radius 1 is 1.00 bits per heavy atom. The highest BCUT2D eigenvalue weighted by atomic mass is 32.2. The number of nitrogens with zero attached hydrogens (tertiary/aromatic N) is 2. The van der Waals surface area contributed by atoms with E-state index < -0.39 is 10.0 Å². The molecule has 0 saturated carbocycles. The lowest BCUT2D eigenvalue weighted by Gasteiger charge is -2.20. The number of pyridine rings is 1. The molecular weight excluding hydrogens is 362 g/mol. The first kappa shape index (κ1) is 17.9. The highest BCUT2D eigenvalue weighted by Crippen LogP contribution is 2.31. The van der Waals surface area contributed by atoms with Gasteiger partial charge in [0.1, 0.15) is 0 Å². The SMILES string of the molecule is O=Cc1c(-c2ccncc2)[nH]c2ccc(S(=O)(=O)N3CCCCCC3)cc12. The van der Waals surface area contributed by atoms with Crippen LogP contribution in [0.4, 0.5) is 0 Å². The van der Waals surface area contributed by atoms with Crippen molar-refractivity contribution in [2.75, 3.05) is 13.1 Å². The van der Waals surface area contributed by atoms with Gasteiger partial charge in [-0.1, -0.05) is 12.8 Å². The minimum absolute atomic E-state index is 0.236. The van der Waals surface area contributed by atoms with E-state index in [4.69, 9.17) is 0 Å². The first-order chi connectivity index (χ1) is 13.1. The number of hydrogen-bond donors (Lipinski definition) is 1. The molecule has 0 aliphatic carbocycles. The standard InChI is InChI=1S/C20H21N3O3S/c24-14-18-17-13-16(27(25,26)23-11-3-1-2-4-12-23)5-6-19(17)22-20(18)15-7-9-21-10-8-15/h5-10,13-14,22H,1-4,11-12H2. The van der Waals surface area contributed by atoms with Crippen LogP contribution in [0.5, 0.6) is 0 Å². The van der Waals surface area contributed by atoms with E-state index in [1.165, 1.54) is 0 Å². The second-order valence-electron chi connectivity index (χ2n) is 6.79. The lowest BCUT2D eigenvalue weighted by Crippen LogP contribution is -2.31. The van der Waals surface area contributed by atoms with Crippen LogP contribution in [0.25, 0.3) is 22.2 Å². The Labute approximate surface area is 158 Å². The molecule has 2 aromatic heterocycles. The number of H-pyrrole nitrogens is 1. The fourth-order valence-electron chi connectivity index (χ4n) is 3.65. The van der Waals surface area contributed by atoms with E-state index in [0.717, 1.165) is 43.0 Å². The van der Waals surface area contributed by atoms with Gasteiger partial charge in [-0.15, -0.1) is 0 Å². The number of carbonyl (C=O) groups is 1. The fourth-order valence-corrected chi connectivity index (χ4v) is 5.20. The molecule has 1 saturated heterocycles. The molecule has 7 heteroatoms. The molecule has 4 rings (SSSR count).